The Kier molecular flexibility index (Phi) is 4.25. The van der Waals surface area contributed by atoms with E-state index in [0.717, 1.165) is 18.7 Å². The number of carbonyl (C=O) groups is 1. The molecule has 1 amide bonds. The maximum atomic E-state index is 12.9. The first kappa shape index (κ1) is 15.9. The summed E-state index contributed by atoms with van der Waals surface area (Å²) in [5.41, 5.74) is 3.65. The normalized spacial score (nSPS) is 30.3. The minimum absolute atomic E-state index is 0.124. The molecule has 4 heteroatoms. The molecule has 1 saturated heterocycles. The molecule has 1 saturated carbocycles. The van der Waals surface area contributed by atoms with Crippen LogP contribution in [-0.2, 0) is 11.2 Å². The number of hydrogen-bond acceptors (Lipinski definition) is 3. The molecule has 130 valence electrons. The third-order valence-electron chi connectivity index (χ3n) is 6.07. The number of amides is 1. The van der Waals surface area contributed by atoms with Gasteiger partial charge in [-0.25, -0.2) is 0 Å². The van der Waals surface area contributed by atoms with Gasteiger partial charge in [0.1, 0.15) is 6.04 Å². The Morgan fingerprint density at radius 1 is 1.29 bits per heavy atom. The number of hydrogen-bond donors (Lipinski definition) is 3. The Labute approximate surface area is 144 Å². The largest absolute Gasteiger partial charge is 0.373 e. The number of rotatable bonds is 4. The molecular formula is C20H29N3O. The third kappa shape index (κ3) is 3.04. The minimum atomic E-state index is -0.124. The summed E-state index contributed by atoms with van der Waals surface area (Å²) in [5.74, 6) is 1.47. The van der Waals surface area contributed by atoms with Gasteiger partial charge in [-0.2, -0.15) is 0 Å². The van der Waals surface area contributed by atoms with Crippen LogP contribution in [0, 0.1) is 18.8 Å². The fraction of sp³-hybridized carbons (Fsp3) is 0.650. The summed E-state index contributed by atoms with van der Waals surface area (Å²) in [7, 11) is 0. The molecular weight excluding hydrogens is 298 g/mol. The molecule has 0 aromatic heterocycles. The Morgan fingerprint density at radius 2 is 2.12 bits per heavy atom. The van der Waals surface area contributed by atoms with Gasteiger partial charge in [0.05, 0.1) is 0 Å². The summed E-state index contributed by atoms with van der Waals surface area (Å²) < 4.78 is 0. The lowest BCUT2D eigenvalue weighted by Gasteiger charge is -2.37. The lowest BCUT2D eigenvalue weighted by atomic mass is 9.85. The van der Waals surface area contributed by atoms with Gasteiger partial charge in [0.25, 0.3) is 0 Å². The summed E-state index contributed by atoms with van der Waals surface area (Å²) in [6.45, 7) is 5.51. The molecule has 24 heavy (non-hydrogen) atoms. The van der Waals surface area contributed by atoms with Crippen molar-refractivity contribution >= 4 is 11.6 Å². The average molecular weight is 327 g/mol. The third-order valence-corrected chi connectivity index (χ3v) is 6.07. The minimum Gasteiger partial charge on any atom is -0.373 e. The van der Waals surface area contributed by atoms with E-state index in [4.69, 9.17) is 0 Å². The van der Waals surface area contributed by atoms with E-state index in [1.54, 1.807) is 0 Å². The molecule has 4 atom stereocenters. The first-order valence-electron chi connectivity index (χ1n) is 9.52. The smallest absolute Gasteiger partial charge is 0.243 e. The van der Waals surface area contributed by atoms with Crippen LogP contribution in [0.25, 0.3) is 0 Å². The van der Waals surface area contributed by atoms with Crippen LogP contribution in [0.4, 0.5) is 5.69 Å². The van der Waals surface area contributed by atoms with E-state index in [-0.39, 0.29) is 11.9 Å². The molecule has 1 aliphatic carbocycles. The van der Waals surface area contributed by atoms with Gasteiger partial charge in [-0.15, -0.1) is 0 Å². The molecule has 2 heterocycles. The van der Waals surface area contributed by atoms with Crippen molar-refractivity contribution in [3.63, 3.8) is 0 Å². The van der Waals surface area contributed by atoms with E-state index in [2.05, 4.69) is 48.0 Å². The van der Waals surface area contributed by atoms with Crippen molar-refractivity contribution in [3.05, 3.63) is 29.3 Å². The molecule has 1 aromatic carbocycles. The van der Waals surface area contributed by atoms with Crippen molar-refractivity contribution in [2.75, 3.05) is 11.9 Å². The average Bonchev–Trinajstić information content (AvgIpc) is 3.31. The fourth-order valence-electron chi connectivity index (χ4n) is 4.48. The topological polar surface area (TPSA) is 53.2 Å². The number of fused-ring (bicyclic) bond motifs is 1. The summed E-state index contributed by atoms with van der Waals surface area (Å²) in [5, 5.41) is 10.5. The SMILES string of the molecule is Cc1cccc2c1NC(C(=O)N[C@H](C1CC1)C1NCCCC1C)C2. The molecule has 0 radical (unpaired) electrons. The van der Waals surface area contributed by atoms with Gasteiger partial charge in [0.2, 0.25) is 5.91 Å². The highest BCUT2D eigenvalue weighted by Crippen LogP contribution is 2.37. The second-order valence-corrected chi connectivity index (χ2v) is 7.98. The molecule has 0 bridgehead atoms. The summed E-state index contributed by atoms with van der Waals surface area (Å²) in [6, 6.07) is 6.91. The van der Waals surface area contributed by atoms with Crippen molar-refractivity contribution < 1.29 is 4.79 Å². The number of carbonyl (C=O) groups excluding carboxylic acids is 1. The van der Waals surface area contributed by atoms with Crippen LogP contribution in [0.5, 0.6) is 0 Å². The predicted molar refractivity (Wildman–Crippen MR) is 97.1 cm³/mol. The molecule has 4 nitrogen and oxygen atoms in total. The highest BCUT2D eigenvalue weighted by Gasteiger charge is 2.41. The zero-order valence-electron chi connectivity index (χ0n) is 14.8. The number of nitrogens with one attached hydrogen (secondary N) is 3. The van der Waals surface area contributed by atoms with Gasteiger partial charge in [0.15, 0.2) is 0 Å². The number of anilines is 1. The molecule has 2 aliphatic heterocycles. The first-order chi connectivity index (χ1) is 11.6. The van der Waals surface area contributed by atoms with Crippen LogP contribution in [-0.4, -0.2) is 30.6 Å². The van der Waals surface area contributed by atoms with Gasteiger partial charge in [0, 0.05) is 24.2 Å². The van der Waals surface area contributed by atoms with E-state index in [0.29, 0.717) is 23.9 Å². The van der Waals surface area contributed by atoms with E-state index in [9.17, 15) is 4.79 Å². The van der Waals surface area contributed by atoms with Gasteiger partial charge in [-0.05, 0) is 62.1 Å². The fourth-order valence-corrected chi connectivity index (χ4v) is 4.48. The molecule has 4 rings (SSSR count). The maximum Gasteiger partial charge on any atom is 0.243 e. The van der Waals surface area contributed by atoms with E-state index in [1.165, 1.54) is 36.8 Å². The summed E-state index contributed by atoms with van der Waals surface area (Å²) >= 11 is 0. The maximum absolute atomic E-state index is 12.9. The molecule has 1 aromatic rings. The van der Waals surface area contributed by atoms with Crippen LogP contribution in [0.2, 0.25) is 0 Å². The van der Waals surface area contributed by atoms with E-state index < -0.39 is 0 Å². The van der Waals surface area contributed by atoms with Crippen molar-refractivity contribution in [2.24, 2.45) is 11.8 Å². The lowest BCUT2D eigenvalue weighted by molar-refractivity contribution is -0.123. The van der Waals surface area contributed by atoms with Crippen molar-refractivity contribution in [3.8, 4) is 0 Å². The molecule has 2 fully saturated rings. The van der Waals surface area contributed by atoms with Gasteiger partial charge >= 0.3 is 0 Å². The zero-order chi connectivity index (χ0) is 16.7. The van der Waals surface area contributed by atoms with E-state index in [1.807, 2.05) is 0 Å². The lowest BCUT2D eigenvalue weighted by Crippen LogP contribution is -2.58. The number of aryl methyl sites for hydroxylation is 1. The standard InChI is InChI=1S/C20H29N3O/c1-12-5-3-7-15-11-16(22-17(12)15)20(24)23-19(14-8-9-14)18-13(2)6-4-10-21-18/h3,5,7,13-14,16,18-19,21-22H,4,6,8-11H2,1-2H3,(H,23,24)/t13?,16?,18?,19-/m1/s1. The van der Waals surface area contributed by atoms with Gasteiger partial charge < -0.3 is 16.0 Å². The van der Waals surface area contributed by atoms with Crippen molar-refractivity contribution in [2.45, 2.75) is 64.1 Å². The van der Waals surface area contributed by atoms with Gasteiger partial charge in [-0.3, -0.25) is 4.79 Å². The highest BCUT2D eigenvalue weighted by molar-refractivity contribution is 5.88. The van der Waals surface area contributed by atoms with Crippen molar-refractivity contribution in [1.82, 2.24) is 10.6 Å². The first-order valence-corrected chi connectivity index (χ1v) is 9.52. The van der Waals surface area contributed by atoms with Crippen LogP contribution < -0.4 is 16.0 Å². The number of para-hydroxylation sites is 1. The van der Waals surface area contributed by atoms with Crippen molar-refractivity contribution in [1.29, 1.82) is 0 Å². The molecule has 0 spiro atoms. The highest BCUT2D eigenvalue weighted by atomic mass is 16.2. The predicted octanol–water partition coefficient (Wildman–Crippen LogP) is 2.61. The Morgan fingerprint density at radius 3 is 2.83 bits per heavy atom. The monoisotopic (exact) mass is 327 g/mol. The van der Waals surface area contributed by atoms with E-state index >= 15 is 0 Å². The Hall–Kier alpha value is -1.55. The summed E-state index contributed by atoms with van der Waals surface area (Å²) in [6.07, 6.45) is 5.83. The zero-order valence-corrected chi connectivity index (χ0v) is 14.8. The Balaban J connectivity index is 1.44. The van der Waals surface area contributed by atoms with Crippen LogP contribution in [0.1, 0.15) is 43.7 Å². The van der Waals surface area contributed by atoms with Crippen LogP contribution >= 0.6 is 0 Å². The second-order valence-electron chi connectivity index (χ2n) is 7.98. The number of benzene rings is 1. The number of piperidine rings is 1. The second kappa shape index (κ2) is 6.40. The van der Waals surface area contributed by atoms with Gasteiger partial charge in [-0.1, -0.05) is 25.1 Å². The quantitative estimate of drug-likeness (QED) is 0.797. The Bertz CT molecular complexity index is 625. The molecule has 3 unspecified atom stereocenters. The van der Waals surface area contributed by atoms with Crippen LogP contribution in [0.15, 0.2) is 18.2 Å². The summed E-state index contributed by atoms with van der Waals surface area (Å²) in [4.78, 5) is 12.9. The van der Waals surface area contributed by atoms with Crippen LogP contribution in [0.3, 0.4) is 0 Å². The molecule has 3 aliphatic rings. The molecule has 3 N–H and O–H groups in total.